The molecule has 0 saturated carbocycles. The molecule has 0 heterocycles. The van der Waals surface area contributed by atoms with Gasteiger partial charge in [-0.3, -0.25) is 0 Å². The molecule has 7 heteroatoms. The van der Waals surface area contributed by atoms with Crippen molar-refractivity contribution in [2.24, 2.45) is 0 Å². The van der Waals surface area contributed by atoms with Crippen LogP contribution >= 0.6 is 22.6 Å². The zero-order valence-electron chi connectivity index (χ0n) is 8.43. The van der Waals surface area contributed by atoms with E-state index in [1.54, 1.807) is 6.07 Å². The minimum absolute atomic E-state index is 0.208. The van der Waals surface area contributed by atoms with Crippen molar-refractivity contribution in [2.75, 3.05) is 7.11 Å². The second-order valence-corrected chi connectivity index (χ2v) is 4.07. The van der Waals surface area contributed by atoms with E-state index in [-0.39, 0.29) is 14.7 Å². The standard InChI is InChI=1S/C10H5F3INO2/c1-17-9(16)5-2-6(4-15)8(14)7(3-5)10(11,12)13/h2-3H,1H3. The molecule has 0 aliphatic rings. The Morgan fingerprint density at radius 2 is 2.06 bits per heavy atom. The summed E-state index contributed by atoms with van der Waals surface area (Å²) in [5, 5.41) is 8.71. The molecule has 1 aromatic carbocycles. The van der Waals surface area contributed by atoms with Gasteiger partial charge in [-0.1, -0.05) is 0 Å². The van der Waals surface area contributed by atoms with Crippen LogP contribution in [0, 0.1) is 14.9 Å². The molecule has 0 aliphatic carbocycles. The lowest BCUT2D eigenvalue weighted by Crippen LogP contribution is -2.12. The average Bonchev–Trinajstić information content (AvgIpc) is 2.26. The molecule has 0 unspecified atom stereocenters. The van der Waals surface area contributed by atoms with Gasteiger partial charge in [0.1, 0.15) is 6.07 Å². The second-order valence-electron chi connectivity index (χ2n) is 2.99. The molecule has 0 radical (unpaired) electrons. The molecule has 0 saturated heterocycles. The van der Waals surface area contributed by atoms with Crippen molar-refractivity contribution < 1.29 is 22.7 Å². The van der Waals surface area contributed by atoms with E-state index in [0.29, 0.717) is 6.07 Å². The van der Waals surface area contributed by atoms with E-state index in [1.807, 2.05) is 0 Å². The van der Waals surface area contributed by atoms with Crippen LogP contribution in [0.3, 0.4) is 0 Å². The minimum atomic E-state index is -4.62. The second kappa shape index (κ2) is 4.91. The Morgan fingerprint density at radius 1 is 1.47 bits per heavy atom. The van der Waals surface area contributed by atoms with Crippen molar-refractivity contribution in [1.29, 1.82) is 5.26 Å². The minimum Gasteiger partial charge on any atom is -0.465 e. The number of hydrogen-bond acceptors (Lipinski definition) is 3. The van der Waals surface area contributed by atoms with Gasteiger partial charge in [-0.05, 0) is 34.7 Å². The van der Waals surface area contributed by atoms with Crippen LogP contribution in [0.1, 0.15) is 21.5 Å². The first kappa shape index (κ1) is 13.8. The number of nitriles is 1. The highest BCUT2D eigenvalue weighted by Crippen LogP contribution is 2.35. The molecule has 0 bridgehead atoms. The maximum Gasteiger partial charge on any atom is 0.417 e. The Kier molecular flexibility index (Phi) is 3.98. The highest BCUT2D eigenvalue weighted by Gasteiger charge is 2.35. The molecule has 0 N–H and O–H groups in total. The summed E-state index contributed by atoms with van der Waals surface area (Å²) in [6.07, 6.45) is -4.62. The van der Waals surface area contributed by atoms with Crippen LogP contribution in [0.4, 0.5) is 13.2 Å². The summed E-state index contributed by atoms with van der Waals surface area (Å²) < 4.78 is 42.0. The van der Waals surface area contributed by atoms with Crippen molar-refractivity contribution in [3.05, 3.63) is 32.4 Å². The predicted molar refractivity (Wildman–Crippen MR) is 60.2 cm³/mol. The van der Waals surface area contributed by atoms with E-state index in [0.717, 1.165) is 13.2 Å². The summed E-state index contributed by atoms with van der Waals surface area (Å²) in [5.41, 5.74) is -1.52. The Bertz CT molecular complexity index is 505. The number of carbonyl (C=O) groups excluding carboxylic acids is 1. The Hall–Kier alpha value is -1.30. The number of rotatable bonds is 1. The third-order valence-electron chi connectivity index (χ3n) is 1.92. The van der Waals surface area contributed by atoms with E-state index in [1.165, 1.54) is 22.6 Å². The Morgan fingerprint density at radius 3 is 2.47 bits per heavy atom. The van der Waals surface area contributed by atoms with Gasteiger partial charge in [-0.15, -0.1) is 0 Å². The Labute approximate surface area is 108 Å². The van der Waals surface area contributed by atoms with Crippen molar-refractivity contribution in [1.82, 2.24) is 0 Å². The first-order valence-corrected chi connectivity index (χ1v) is 5.28. The van der Waals surface area contributed by atoms with Gasteiger partial charge < -0.3 is 4.74 Å². The number of carbonyl (C=O) groups is 1. The molecule has 90 valence electrons. The maximum atomic E-state index is 12.6. The lowest BCUT2D eigenvalue weighted by molar-refractivity contribution is -0.138. The van der Waals surface area contributed by atoms with Gasteiger partial charge >= 0.3 is 12.1 Å². The molecule has 0 aromatic heterocycles. The van der Waals surface area contributed by atoms with Crippen molar-refractivity contribution in [3.8, 4) is 6.07 Å². The maximum absolute atomic E-state index is 12.6. The normalized spacial score (nSPS) is 10.8. The SMILES string of the molecule is COC(=O)c1cc(C#N)c(I)c(C(F)(F)F)c1. The summed E-state index contributed by atoms with van der Waals surface area (Å²) in [7, 11) is 1.06. The van der Waals surface area contributed by atoms with Crippen molar-refractivity contribution in [3.63, 3.8) is 0 Å². The van der Waals surface area contributed by atoms with Crippen LogP contribution in [0.15, 0.2) is 12.1 Å². The Balaban J connectivity index is 3.51. The number of ether oxygens (including phenoxy) is 1. The average molecular weight is 355 g/mol. The molecule has 0 amide bonds. The van der Waals surface area contributed by atoms with Gasteiger partial charge in [0.15, 0.2) is 0 Å². The largest absolute Gasteiger partial charge is 0.465 e. The van der Waals surface area contributed by atoms with Crippen LogP contribution in [-0.4, -0.2) is 13.1 Å². The van der Waals surface area contributed by atoms with Crippen molar-refractivity contribution in [2.45, 2.75) is 6.18 Å². The smallest absolute Gasteiger partial charge is 0.417 e. The highest BCUT2D eigenvalue weighted by molar-refractivity contribution is 14.1. The van der Waals surface area contributed by atoms with E-state index >= 15 is 0 Å². The van der Waals surface area contributed by atoms with Crippen LogP contribution < -0.4 is 0 Å². The van der Waals surface area contributed by atoms with Gasteiger partial charge in [0.05, 0.1) is 23.8 Å². The van der Waals surface area contributed by atoms with Crippen LogP contribution in [0.5, 0.6) is 0 Å². The van der Waals surface area contributed by atoms with Gasteiger partial charge in [0, 0.05) is 3.57 Å². The molecule has 0 spiro atoms. The summed E-state index contributed by atoms with van der Waals surface area (Å²) in [5.74, 6) is -0.914. The molecule has 17 heavy (non-hydrogen) atoms. The molecule has 0 fully saturated rings. The van der Waals surface area contributed by atoms with E-state index in [9.17, 15) is 18.0 Å². The number of methoxy groups -OCH3 is 1. The number of benzene rings is 1. The molecular weight excluding hydrogens is 350 g/mol. The number of nitrogens with zero attached hydrogens (tertiary/aromatic N) is 1. The quantitative estimate of drug-likeness (QED) is 0.575. The molecule has 1 aromatic rings. The molecule has 3 nitrogen and oxygen atoms in total. The molecule has 0 atom stereocenters. The zero-order valence-corrected chi connectivity index (χ0v) is 10.6. The highest BCUT2D eigenvalue weighted by atomic mass is 127. The van der Waals surface area contributed by atoms with Gasteiger partial charge in [0.2, 0.25) is 0 Å². The number of esters is 1. The van der Waals surface area contributed by atoms with Gasteiger partial charge in [-0.2, -0.15) is 18.4 Å². The van der Waals surface area contributed by atoms with Gasteiger partial charge in [0.25, 0.3) is 0 Å². The summed E-state index contributed by atoms with van der Waals surface area (Å²) in [6, 6.07) is 3.36. The fraction of sp³-hybridized carbons (Fsp3) is 0.200. The number of alkyl halides is 3. The summed E-state index contributed by atoms with van der Waals surface area (Å²) >= 11 is 1.42. The summed E-state index contributed by atoms with van der Waals surface area (Å²) in [6.45, 7) is 0. The third kappa shape index (κ3) is 2.88. The fourth-order valence-electron chi connectivity index (χ4n) is 1.15. The zero-order chi connectivity index (χ0) is 13.2. The van der Waals surface area contributed by atoms with Crippen LogP contribution in [-0.2, 0) is 10.9 Å². The molecule has 1 rings (SSSR count). The van der Waals surface area contributed by atoms with E-state index < -0.39 is 17.7 Å². The van der Waals surface area contributed by atoms with E-state index in [2.05, 4.69) is 4.74 Å². The van der Waals surface area contributed by atoms with Gasteiger partial charge in [-0.25, -0.2) is 4.79 Å². The predicted octanol–water partition coefficient (Wildman–Crippen LogP) is 2.97. The monoisotopic (exact) mass is 355 g/mol. The number of hydrogen-bond donors (Lipinski definition) is 0. The lowest BCUT2D eigenvalue weighted by atomic mass is 10.1. The van der Waals surface area contributed by atoms with E-state index in [4.69, 9.17) is 5.26 Å². The summed E-state index contributed by atoms with van der Waals surface area (Å²) in [4.78, 5) is 11.2. The lowest BCUT2D eigenvalue weighted by Gasteiger charge is -2.11. The first-order chi connectivity index (χ1) is 7.81. The first-order valence-electron chi connectivity index (χ1n) is 4.20. The molecule has 0 aliphatic heterocycles. The topological polar surface area (TPSA) is 50.1 Å². The third-order valence-corrected chi connectivity index (χ3v) is 3.08. The van der Waals surface area contributed by atoms with Crippen LogP contribution in [0.25, 0.3) is 0 Å². The van der Waals surface area contributed by atoms with Crippen LogP contribution in [0.2, 0.25) is 0 Å². The van der Waals surface area contributed by atoms with Crippen molar-refractivity contribution >= 4 is 28.6 Å². The fourth-order valence-corrected chi connectivity index (χ4v) is 1.89. The number of halogens is 4. The molecular formula is C10H5F3INO2.